The summed E-state index contributed by atoms with van der Waals surface area (Å²) in [6.45, 7) is 7.12. The van der Waals surface area contributed by atoms with Gasteiger partial charge in [-0.1, -0.05) is 13.5 Å². The Morgan fingerprint density at radius 2 is 2.16 bits per heavy atom. The van der Waals surface area contributed by atoms with E-state index in [0.29, 0.717) is 17.8 Å². The number of thiazole rings is 1. The molecule has 7 nitrogen and oxygen atoms in total. The number of hydrogen-bond acceptors (Lipinski definition) is 7. The summed E-state index contributed by atoms with van der Waals surface area (Å²) in [4.78, 5) is 17.7. The lowest BCUT2D eigenvalue weighted by Crippen LogP contribution is -2.34. The van der Waals surface area contributed by atoms with Crippen LogP contribution < -0.4 is 10.6 Å². The Morgan fingerprint density at radius 1 is 1.40 bits per heavy atom. The molecule has 0 bridgehead atoms. The molecule has 0 aromatic carbocycles. The number of nitrogens with zero attached hydrogens (tertiary/aromatic N) is 1. The van der Waals surface area contributed by atoms with Crippen LogP contribution in [0.15, 0.2) is 12.3 Å². The van der Waals surface area contributed by atoms with Gasteiger partial charge in [0.05, 0.1) is 18.9 Å². The van der Waals surface area contributed by atoms with Gasteiger partial charge in [-0.15, -0.1) is 11.3 Å². The quantitative estimate of drug-likeness (QED) is 0.408. The predicted octanol–water partition coefficient (Wildman–Crippen LogP) is 2.04. The topological polar surface area (TPSA) is 92.7 Å². The van der Waals surface area contributed by atoms with E-state index in [0.717, 1.165) is 37.9 Å². The van der Waals surface area contributed by atoms with Gasteiger partial charge < -0.3 is 19.9 Å². The number of nitrogens with one attached hydrogen (secondary N) is 2. The molecular weight excluding hydrogens is 342 g/mol. The number of amides is 1. The zero-order valence-corrected chi connectivity index (χ0v) is 15.5. The van der Waals surface area contributed by atoms with E-state index >= 15 is 0 Å². The number of aliphatic hydroxyl groups excluding tert-OH is 1. The molecule has 1 atom stereocenters. The number of carbonyl (C=O) groups is 1. The summed E-state index contributed by atoms with van der Waals surface area (Å²) in [5.41, 5.74) is 1.10. The van der Waals surface area contributed by atoms with Gasteiger partial charge in [0.25, 0.3) is 5.91 Å². The summed E-state index contributed by atoms with van der Waals surface area (Å²) in [5, 5.41) is 15.8. The molecule has 2 rings (SSSR count). The Bertz CT molecular complexity index is 576. The summed E-state index contributed by atoms with van der Waals surface area (Å²) in [7, 11) is 0. The number of aliphatic hydroxyl groups is 1. The number of anilines is 1. The fourth-order valence-corrected chi connectivity index (χ4v) is 3.68. The van der Waals surface area contributed by atoms with E-state index in [4.69, 9.17) is 14.6 Å². The summed E-state index contributed by atoms with van der Waals surface area (Å²) in [6, 6.07) is 0.509. The van der Waals surface area contributed by atoms with Crippen LogP contribution in [0.25, 0.3) is 0 Å². The summed E-state index contributed by atoms with van der Waals surface area (Å²) in [6.07, 6.45) is 4.15. The minimum absolute atomic E-state index is 0.0300. The second-order valence-electron chi connectivity index (χ2n) is 6.00. The second kappa shape index (κ2) is 10.5. The van der Waals surface area contributed by atoms with Crippen molar-refractivity contribution in [3.63, 3.8) is 0 Å². The van der Waals surface area contributed by atoms with Crippen molar-refractivity contribution in [2.75, 3.05) is 38.3 Å². The molecule has 1 amide bonds. The van der Waals surface area contributed by atoms with Crippen LogP contribution in [0.1, 0.15) is 30.3 Å². The second-order valence-corrected chi connectivity index (χ2v) is 7.09. The first-order valence-corrected chi connectivity index (χ1v) is 9.44. The largest absolute Gasteiger partial charge is 0.510 e. The molecule has 1 aliphatic carbocycles. The average Bonchev–Trinajstić information content (AvgIpc) is 2.97. The molecule has 0 saturated heterocycles. The molecule has 0 aliphatic heterocycles. The zero-order chi connectivity index (χ0) is 18.1. The van der Waals surface area contributed by atoms with E-state index in [1.807, 2.05) is 0 Å². The third-order valence-electron chi connectivity index (χ3n) is 3.74. The normalized spacial score (nSPS) is 16.4. The lowest BCUT2D eigenvalue weighted by molar-refractivity contribution is -0.121. The Labute approximate surface area is 152 Å². The fraction of sp³-hybridized carbons (Fsp3) is 0.647. The Balaban J connectivity index is 1.68. The number of aromatic nitrogens is 1. The zero-order valence-electron chi connectivity index (χ0n) is 14.7. The molecule has 0 fully saturated rings. The van der Waals surface area contributed by atoms with Gasteiger partial charge in [0, 0.05) is 10.9 Å². The lowest BCUT2D eigenvalue weighted by atomic mass is 9.98. The molecule has 1 aromatic rings. The van der Waals surface area contributed by atoms with E-state index in [-0.39, 0.29) is 31.5 Å². The lowest BCUT2D eigenvalue weighted by Gasteiger charge is -2.21. The van der Waals surface area contributed by atoms with Crippen LogP contribution in [0.3, 0.4) is 0 Å². The van der Waals surface area contributed by atoms with Crippen molar-refractivity contribution < 1.29 is 19.4 Å². The molecule has 25 heavy (non-hydrogen) atoms. The highest BCUT2D eigenvalue weighted by Crippen LogP contribution is 2.29. The Morgan fingerprint density at radius 3 is 2.88 bits per heavy atom. The van der Waals surface area contributed by atoms with Gasteiger partial charge in [0.2, 0.25) is 0 Å². The molecule has 0 unspecified atom stereocenters. The Hall–Kier alpha value is -1.48. The van der Waals surface area contributed by atoms with Crippen molar-refractivity contribution in [3.8, 4) is 0 Å². The summed E-state index contributed by atoms with van der Waals surface area (Å²) in [5.74, 6) is -0.254. The highest BCUT2D eigenvalue weighted by molar-refractivity contribution is 7.15. The maximum absolute atomic E-state index is 11.9. The standard InChI is InChI=1S/C17H27N3O4S/c1-3-6-18-13-4-5-14-15(9-13)25-17(19-14)20-16(22)11-24-8-7-23-10-12(2)21/h13,18,21H,2-11H2,1H3,(H,19,20,22)/t13-/m0/s1. The first-order valence-electron chi connectivity index (χ1n) is 8.62. The van der Waals surface area contributed by atoms with Gasteiger partial charge in [-0.3, -0.25) is 10.1 Å². The minimum atomic E-state index is -0.224. The number of ether oxygens (including phenoxy) is 2. The van der Waals surface area contributed by atoms with E-state index in [1.165, 1.54) is 4.88 Å². The van der Waals surface area contributed by atoms with Crippen LogP contribution in [0, 0.1) is 0 Å². The first kappa shape index (κ1) is 19.8. The number of carbonyl (C=O) groups excluding carboxylic acids is 1. The highest BCUT2D eigenvalue weighted by atomic mass is 32.1. The van der Waals surface area contributed by atoms with Crippen molar-refractivity contribution in [1.29, 1.82) is 0 Å². The molecule has 0 spiro atoms. The van der Waals surface area contributed by atoms with E-state index < -0.39 is 0 Å². The van der Waals surface area contributed by atoms with Crippen molar-refractivity contribution in [1.82, 2.24) is 10.3 Å². The monoisotopic (exact) mass is 369 g/mol. The fourth-order valence-electron chi connectivity index (χ4n) is 2.58. The van der Waals surface area contributed by atoms with Gasteiger partial charge in [0.15, 0.2) is 5.13 Å². The SMILES string of the molecule is C=C(O)COCCOCC(=O)Nc1nc2c(s1)C[C@@H](NCCC)CC2. The number of hydrogen-bond donors (Lipinski definition) is 3. The van der Waals surface area contributed by atoms with Crippen molar-refractivity contribution >= 4 is 22.4 Å². The molecular formula is C17H27N3O4S. The molecule has 0 saturated carbocycles. The molecule has 1 aliphatic rings. The van der Waals surface area contributed by atoms with Crippen LogP contribution in [-0.4, -0.2) is 55.0 Å². The average molecular weight is 369 g/mol. The van der Waals surface area contributed by atoms with Crippen LogP contribution in [-0.2, 0) is 27.1 Å². The van der Waals surface area contributed by atoms with Crippen molar-refractivity contribution in [2.45, 2.75) is 38.6 Å². The van der Waals surface area contributed by atoms with Crippen LogP contribution in [0.4, 0.5) is 5.13 Å². The Kier molecular flexibility index (Phi) is 8.33. The van der Waals surface area contributed by atoms with Gasteiger partial charge in [0.1, 0.15) is 19.0 Å². The van der Waals surface area contributed by atoms with Gasteiger partial charge in [-0.05, 0) is 32.2 Å². The van der Waals surface area contributed by atoms with Gasteiger partial charge in [-0.2, -0.15) is 0 Å². The molecule has 1 aromatic heterocycles. The van der Waals surface area contributed by atoms with E-state index in [1.54, 1.807) is 11.3 Å². The minimum Gasteiger partial charge on any atom is -0.510 e. The molecule has 140 valence electrons. The maximum Gasteiger partial charge on any atom is 0.252 e. The third-order valence-corrected chi connectivity index (χ3v) is 4.78. The van der Waals surface area contributed by atoms with Crippen LogP contribution >= 0.6 is 11.3 Å². The molecule has 8 heteroatoms. The summed E-state index contributed by atoms with van der Waals surface area (Å²) < 4.78 is 10.3. The van der Waals surface area contributed by atoms with Gasteiger partial charge >= 0.3 is 0 Å². The van der Waals surface area contributed by atoms with Crippen LogP contribution in [0.5, 0.6) is 0 Å². The summed E-state index contributed by atoms with van der Waals surface area (Å²) >= 11 is 1.55. The van der Waals surface area contributed by atoms with Crippen LogP contribution in [0.2, 0.25) is 0 Å². The molecule has 1 heterocycles. The molecule has 0 radical (unpaired) electrons. The molecule has 3 N–H and O–H groups in total. The predicted molar refractivity (Wildman–Crippen MR) is 98.3 cm³/mol. The number of aryl methyl sites for hydroxylation is 1. The van der Waals surface area contributed by atoms with Gasteiger partial charge in [-0.25, -0.2) is 4.98 Å². The third kappa shape index (κ3) is 7.11. The highest BCUT2D eigenvalue weighted by Gasteiger charge is 2.22. The maximum atomic E-state index is 11.9. The number of rotatable bonds is 11. The van der Waals surface area contributed by atoms with E-state index in [2.05, 4.69) is 29.1 Å². The van der Waals surface area contributed by atoms with E-state index in [9.17, 15) is 4.79 Å². The number of fused-ring (bicyclic) bond motifs is 1. The smallest absolute Gasteiger partial charge is 0.252 e. The van der Waals surface area contributed by atoms with Crippen molar-refractivity contribution in [3.05, 3.63) is 22.9 Å². The van der Waals surface area contributed by atoms with Crippen molar-refractivity contribution in [2.24, 2.45) is 0 Å². The first-order chi connectivity index (χ1) is 12.1.